The first-order valence-electron chi connectivity index (χ1n) is 10.3. The predicted octanol–water partition coefficient (Wildman–Crippen LogP) is 5.32. The van der Waals surface area contributed by atoms with Crippen LogP contribution >= 0.6 is 0 Å². The molecule has 6 heteroatoms. The smallest absolute Gasteiger partial charge is 0.282 e. The Morgan fingerprint density at radius 1 is 0.906 bits per heavy atom. The van der Waals surface area contributed by atoms with Crippen molar-refractivity contribution in [3.63, 3.8) is 0 Å². The molecule has 1 N–H and O–H groups in total. The van der Waals surface area contributed by atoms with Gasteiger partial charge in [-0.3, -0.25) is 9.59 Å². The number of amides is 2. The molecule has 2 amide bonds. The summed E-state index contributed by atoms with van der Waals surface area (Å²) in [5.74, 6) is -0.719. The highest BCUT2D eigenvalue weighted by Gasteiger charge is 2.40. The molecule has 4 rings (SSSR count). The lowest BCUT2D eigenvalue weighted by molar-refractivity contribution is -0.120. The number of benzene rings is 3. The van der Waals surface area contributed by atoms with Crippen LogP contribution in [0.2, 0.25) is 0 Å². The molecular weight excluding hydrogens is 407 g/mol. The molecule has 3 aromatic carbocycles. The van der Waals surface area contributed by atoms with Crippen molar-refractivity contribution in [1.82, 2.24) is 0 Å². The second kappa shape index (κ2) is 8.67. The van der Waals surface area contributed by atoms with Gasteiger partial charge in [0.25, 0.3) is 11.8 Å². The van der Waals surface area contributed by atoms with Gasteiger partial charge >= 0.3 is 0 Å². The molecule has 3 aromatic rings. The molecule has 0 aromatic heterocycles. The molecule has 0 fully saturated rings. The Morgan fingerprint density at radius 2 is 1.62 bits per heavy atom. The summed E-state index contributed by atoms with van der Waals surface area (Å²) in [4.78, 5) is 28.1. The average Bonchev–Trinajstić information content (AvgIpc) is 2.98. The molecule has 0 saturated heterocycles. The van der Waals surface area contributed by atoms with Crippen LogP contribution in [0.3, 0.4) is 0 Å². The van der Waals surface area contributed by atoms with Gasteiger partial charge in [0.15, 0.2) is 0 Å². The molecule has 0 saturated carbocycles. The number of carbonyl (C=O) groups is 2. The Labute approximate surface area is 186 Å². The van der Waals surface area contributed by atoms with E-state index in [0.717, 1.165) is 10.5 Å². The van der Waals surface area contributed by atoms with Gasteiger partial charge in [-0.1, -0.05) is 36.4 Å². The Balaban J connectivity index is 1.80. The van der Waals surface area contributed by atoms with Gasteiger partial charge in [-0.25, -0.2) is 9.29 Å². The first-order chi connectivity index (χ1) is 15.3. The molecule has 1 aliphatic heterocycles. The zero-order valence-electron chi connectivity index (χ0n) is 18.1. The van der Waals surface area contributed by atoms with Crippen molar-refractivity contribution in [3.05, 3.63) is 95.4 Å². The van der Waals surface area contributed by atoms with E-state index in [1.807, 2.05) is 32.9 Å². The normalized spacial score (nSPS) is 13.8. The zero-order valence-corrected chi connectivity index (χ0v) is 18.1. The number of aryl methyl sites for hydroxylation is 1. The third-order valence-electron chi connectivity index (χ3n) is 5.05. The summed E-state index contributed by atoms with van der Waals surface area (Å²) in [6.45, 7) is 5.69. The van der Waals surface area contributed by atoms with Crippen LogP contribution in [-0.2, 0) is 9.59 Å². The number of rotatable bonds is 6. The van der Waals surface area contributed by atoms with Crippen LogP contribution in [0.4, 0.5) is 15.8 Å². The molecule has 0 unspecified atom stereocenters. The summed E-state index contributed by atoms with van der Waals surface area (Å²) in [6.07, 6.45) is 0.0107. The summed E-state index contributed by atoms with van der Waals surface area (Å²) < 4.78 is 19.4. The predicted molar refractivity (Wildman–Crippen MR) is 123 cm³/mol. The van der Waals surface area contributed by atoms with Gasteiger partial charge in [0.1, 0.15) is 17.3 Å². The van der Waals surface area contributed by atoms with Gasteiger partial charge in [-0.05, 0) is 68.3 Å². The Morgan fingerprint density at radius 3 is 2.28 bits per heavy atom. The van der Waals surface area contributed by atoms with Crippen molar-refractivity contribution >= 4 is 28.8 Å². The Kier molecular flexibility index (Phi) is 5.77. The van der Waals surface area contributed by atoms with Crippen LogP contribution in [0.15, 0.2) is 78.5 Å². The fourth-order valence-corrected chi connectivity index (χ4v) is 3.63. The van der Waals surface area contributed by atoms with E-state index in [1.54, 1.807) is 42.5 Å². The highest BCUT2D eigenvalue weighted by molar-refractivity contribution is 6.46. The van der Waals surface area contributed by atoms with Crippen LogP contribution in [0.5, 0.6) is 5.75 Å². The van der Waals surface area contributed by atoms with Crippen LogP contribution in [0.25, 0.3) is 5.57 Å². The number of carbonyl (C=O) groups excluding carboxylic acids is 2. The van der Waals surface area contributed by atoms with Crippen molar-refractivity contribution in [1.29, 1.82) is 0 Å². The first-order valence-corrected chi connectivity index (χ1v) is 10.3. The summed E-state index contributed by atoms with van der Waals surface area (Å²) in [5, 5.41) is 2.97. The Bertz CT molecular complexity index is 1220. The lowest BCUT2D eigenvalue weighted by Crippen LogP contribution is -2.33. The number of imide groups is 1. The topological polar surface area (TPSA) is 58.6 Å². The first kappa shape index (κ1) is 21.3. The minimum atomic E-state index is -0.494. The number of ether oxygens (including phenoxy) is 1. The van der Waals surface area contributed by atoms with Crippen molar-refractivity contribution in [2.75, 3.05) is 10.2 Å². The van der Waals surface area contributed by atoms with Gasteiger partial charge in [-0.15, -0.1) is 0 Å². The molecule has 5 nitrogen and oxygen atoms in total. The number of hydrogen-bond donors (Lipinski definition) is 1. The number of halogens is 1. The fraction of sp³-hybridized carbons (Fsp3) is 0.154. The van der Waals surface area contributed by atoms with E-state index in [-0.39, 0.29) is 17.4 Å². The number of nitrogens with zero attached hydrogens (tertiary/aromatic N) is 1. The van der Waals surface area contributed by atoms with Crippen LogP contribution in [0.1, 0.15) is 25.0 Å². The second-order valence-electron chi connectivity index (χ2n) is 7.81. The molecule has 0 atom stereocenters. The minimum Gasteiger partial charge on any atom is -0.491 e. The minimum absolute atomic E-state index is 0.0107. The lowest BCUT2D eigenvalue weighted by Gasteiger charge is -2.17. The largest absolute Gasteiger partial charge is 0.491 e. The van der Waals surface area contributed by atoms with E-state index in [1.165, 1.54) is 18.2 Å². The maximum absolute atomic E-state index is 13.7. The quantitative estimate of drug-likeness (QED) is 0.538. The second-order valence-corrected chi connectivity index (χ2v) is 7.81. The summed E-state index contributed by atoms with van der Waals surface area (Å²) in [5.41, 5.74) is 2.57. The van der Waals surface area contributed by atoms with E-state index < -0.39 is 17.6 Å². The van der Waals surface area contributed by atoms with Crippen molar-refractivity contribution in [3.8, 4) is 5.75 Å². The summed E-state index contributed by atoms with van der Waals surface area (Å²) >= 11 is 0. The molecule has 0 radical (unpaired) electrons. The zero-order chi connectivity index (χ0) is 22.8. The maximum atomic E-state index is 13.7. The maximum Gasteiger partial charge on any atom is 0.282 e. The molecule has 0 bridgehead atoms. The lowest BCUT2D eigenvalue weighted by atomic mass is 10.0. The Hall–Kier alpha value is -3.93. The van der Waals surface area contributed by atoms with Crippen molar-refractivity contribution in [2.24, 2.45) is 0 Å². The van der Waals surface area contributed by atoms with E-state index in [4.69, 9.17) is 4.74 Å². The van der Waals surface area contributed by atoms with Gasteiger partial charge in [0.2, 0.25) is 0 Å². The summed E-state index contributed by atoms with van der Waals surface area (Å²) in [7, 11) is 0. The van der Waals surface area contributed by atoms with Gasteiger partial charge in [-0.2, -0.15) is 0 Å². The summed E-state index contributed by atoms with van der Waals surface area (Å²) in [6, 6.07) is 20.0. The number of anilines is 2. The van der Waals surface area contributed by atoms with Crippen molar-refractivity contribution in [2.45, 2.75) is 26.9 Å². The van der Waals surface area contributed by atoms with Crippen LogP contribution < -0.4 is 15.0 Å². The third kappa shape index (κ3) is 4.12. The molecule has 32 heavy (non-hydrogen) atoms. The molecule has 0 aliphatic carbocycles. The SMILES string of the molecule is Cc1ccccc1N1C(=O)C(Nc2cccc(F)c2)=C(c2ccc(OC(C)C)cc2)C1=O. The van der Waals surface area contributed by atoms with Gasteiger partial charge < -0.3 is 10.1 Å². The third-order valence-corrected chi connectivity index (χ3v) is 5.05. The van der Waals surface area contributed by atoms with E-state index >= 15 is 0 Å². The molecule has 1 heterocycles. The monoisotopic (exact) mass is 430 g/mol. The molecule has 162 valence electrons. The fourth-order valence-electron chi connectivity index (χ4n) is 3.63. The molecular formula is C26H23FN2O3. The van der Waals surface area contributed by atoms with Crippen LogP contribution in [-0.4, -0.2) is 17.9 Å². The highest BCUT2D eigenvalue weighted by Crippen LogP contribution is 2.35. The van der Waals surface area contributed by atoms with E-state index in [9.17, 15) is 14.0 Å². The van der Waals surface area contributed by atoms with Gasteiger partial charge in [0.05, 0.1) is 17.4 Å². The molecule has 1 aliphatic rings. The standard InChI is InChI=1S/C26H23FN2O3/c1-16(2)32-21-13-11-18(12-14-21)23-24(28-20-9-6-8-19(27)15-20)26(31)29(25(23)30)22-10-5-4-7-17(22)3/h4-16,28H,1-3H3. The number of hydrogen-bond acceptors (Lipinski definition) is 4. The van der Waals surface area contributed by atoms with Crippen molar-refractivity contribution < 1.29 is 18.7 Å². The number of para-hydroxylation sites is 1. The number of nitrogens with one attached hydrogen (secondary N) is 1. The average molecular weight is 430 g/mol. The van der Waals surface area contributed by atoms with Gasteiger partial charge in [0, 0.05) is 5.69 Å². The highest BCUT2D eigenvalue weighted by atomic mass is 19.1. The van der Waals surface area contributed by atoms with E-state index in [2.05, 4.69) is 5.32 Å². The van der Waals surface area contributed by atoms with Crippen LogP contribution in [0, 0.1) is 12.7 Å². The molecule has 0 spiro atoms. The van der Waals surface area contributed by atoms with E-state index in [0.29, 0.717) is 22.7 Å².